The van der Waals surface area contributed by atoms with E-state index in [1.807, 2.05) is 0 Å². The topological polar surface area (TPSA) is 83.4 Å². The summed E-state index contributed by atoms with van der Waals surface area (Å²) in [4.78, 5) is 24.3. The van der Waals surface area contributed by atoms with E-state index in [9.17, 15) is 0 Å². The summed E-state index contributed by atoms with van der Waals surface area (Å²) in [6.07, 6.45) is 0. The van der Waals surface area contributed by atoms with Crippen molar-refractivity contribution < 1.29 is 19.2 Å². The summed E-state index contributed by atoms with van der Waals surface area (Å²) in [5, 5.41) is 0. The van der Waals surface area contributed by atoms with E-state index in [-0.39, 0.29) is 55.1 Å². The van der Waals surface area contributed by atoms with E-state index in [1.165, 1.54) is 0 Å². The summed E-state index contributed by atoms with van der Waals surface area (Å²) in [5.41, 5.74) is 0. The smallest absolute Gasteiger partial charge is 0.790 e. The monoisotopic (exact) mass is 163 g/mol. The fourth-order valence-electron chi connectivity index (χ4n) is 0. The van der Waals surface area contributed by atoms with E-state index in [0.717, 1.165) is 0 Å². The molecule has 0 atom stereocenters. The number of rotatable bonds is 0. The summed E-state index contributed by atoms with van der Waals surface area (Å²) in [6.45, 7) is 0. The van der Waals surface area contributed by atoms with E-state index in [1.54, 1.807) is 0 Å². The van der Waals surface area contributed by atoms with Gasteiger partial charge in [-0.05, 0) is 0 Å². The third kappa shape index (κ3) is 76.1. The molecular weight excluding hydrogens is 162 g/mol. The Hall–Kier alpha value is 1.90. The molecule has 0 aliphatic rings. The molecule has 0 spiro atoms. The summed E-state index contributed by atoms with van der Waals surface area (Å²) >= 11 is 0. The van der Waals surface area contributed by atoms with Crippen molar-refractivity contribution in [1.82, 2.24) is 0 Å². The number of hydrogen-bond acceptors (Lipinski definition) is 3. The van der Waals surface area contributed by atoms with Crippen LogP contribution in [0.5, 0.6) is 0 Å². The minimum atomic E-state index is -5.14. The molecule has 0 aromatic heterocycles. The molecule has 0 fully saturated rings. The molecule has 0 radical (unpaired) electrons. The first-order valence-electron chi connectivity index (χ1n) is 0.748. The Labute approximate surface area is 81.3 Å². The molecular formula is HAlCaO4P+3. The fraction of sp³-hybridized carbons (Fsp3) is 0. The molecule has 0 aromatic rings. The molecule has 0 heterocycles. The molecule has 0 aliphatic heterocycles. The first-order valence-corrected chi connectivity index (χ1v) is 2.24. The van der Waals surface area contributed by atoms with Gasteiger partial charge in [-0.25, -0.2) is 0 Å². The van der Waals surface area contributed by atoms with Gasteiger partial charge in [-0.3, -0.25) is 0 Å². The zero-order valence-electron chi connectivity index (χ0n) is 3.40. The second-order valence-electron chi connectivity index (χ2n) is 0.469. The normalized spacial score (nSPS) is 8.43. The Morgan fingerprint density at radius 1 is 1.43 bits per heavy atom. The first kappa shape index (κ1) is 16.0. The van der Waals surface area contributed by atoms with Gasteiger partial charge in [-0.15, -0.1) is 0 Å². The Morgan fingerprint density at radius 2 is 1.43 bits per heavy atom. The van der Waals surface area contributed by atoms with Gasteiger partial charge < -0.3 is 19.2 Å². The second kappa shape index (κ2) is 6.03. The van der Waals surface area contributed by atoms with E-state index in [4.69, 9.17) is 19.2 Å². The maximum absolute atomic E-state index is 8.66. The Morgan fingerprint density at radius 3 is 1.43 bits per heavy atom. The Balaban J connectivity index is -0.0000000800. The van der Waals surface area contributed by atoms with Crippen LogP contribution in [0.4, 0.5) is 0 Å². The molecule has 0 aromatic carbocycles. The van der Waals surface area contributed by atoms with Crippen molar-refractivity contribution in [1.29, 1.82) is 0 Å². The van der Waals surface area contributed by atoms with Crippen molar-refractivity contribution in [2.45, 2.75) is 0 Å². The van der Waals surface area contributed by atoms with Crippen molar-refractivity contribution in [3.05, 3.63) is 0 Å². The molecule has 0 aliphatic carbocycles. The third-order valence-corrected chi connectivity index (χ3v) is 0. The van der Waals surface area contributed by atoms with Crippen LogP contribution in [0, 0.1) is 0 Å². The van der Waals surface area contributed by atoms with E-state index in [2.05, 4.69) is 0 Å². The van der Waals surface area contributed by atoms with Crippen molar-refractivity contribution in [3.8, 4) is 0 Å². The maximum atomic E-state index is 8.66. The maximum Gasteiger partial charge on any atom is 3.00 e. The minimum absolute atomic E-state index is 0. The van der Waals surface area contributed by atoms with Crippen molar-refractivity contribution in [2.24, 2.45) is 0 Å². The minimum Gasteiger partial charge on any atom is -0.790 e. The standard InChI is InChI=1S/Al.Ca.H3O4P/c;;1-5(2,3)4/h;;(H3,1,2,3,4)/q+3;+2;/p-2. The molecule has 0 saturated carbocycles. The van der Waals surface area contributed by atoms with Crippen molar-refractivity contribution in [3.63, 3.8) is 0 Å². The van der Waals surface area contributed by atoms with Crippen molar-refractivity contribution >= 4 is 62.9 Å². The van der Waals surface area contributed by atoms with Gasteiger partial charge >= 0.3 is 55.1 Å². The van der Waals surface area contributed by atoms with Gasteiger partial charge in [-0.2, -0.15) is 0 Å². The van der Waals surface area contributed by atoms with Gasteiger partial charge in [0.05, 0.1) is 7.82 Å². The van der Waals surface area contributed by atoms with E-state index in [0.29, 0.717) is 0 Å². The molecule has 0 unspecified atom stereocenters. The number of phosphoric acid groups is 1. The van der Waals surface area contributed by atoms with Gasteiger partial charge in [0.2, 0.25) is 0 Å². The fourth-order valence-corrected chi connectivity index (χ4v) is 0. The van der Waals surface area contributed by atoms with Crippen LogP contribution in [-0.2, 0) is 4.57 Å². The summed E-state index contributed by atoms with van der Waals surface area (Å²) < 4.78 is 8.66. The molecule has 32 valence electrons. The first-order chi connectivity index (χ1) is 2.00. The quantitative estimate of drug-likeness (QED) is 0.305. The van der Waals surface area contributed by atoms with Crippen LogP contribution in [0.2, 0.25) is 0 Å². The van der Waals surface area contributed by atoms with Crippen LogP contribution in [0.25, 0.3) is 0 Å². The Bertz CT molecular complexity index is 57.8. The molecule has 1 N–H and O–H groups in total. The summed E-state index contributed by atoms with van der Waals surface area (Å²) in [7, 11) is -5.14. The largest absolute Gasteiger partial charge is 3.00 e. The van der Waals surface area contributed by atoms with Crippen LogP contribution in [0.3, 0.4) is 0 Å². The van der Waals surface area contributed by atoms with Crippen LogP contribution in [0.1, 0.15) is 0 Å². The zero-order valence-corrected chi connectivity index (χ0v) is 7.66. The van der Waals surface area contributed by atoms with Gasteiger partial charge in [0.1, 0.15) is 0 Å². The van der Waals surface area contributed by atoms with E-state index >= 15 is 0 Å². The van der Waals surface area contributed by atoms with Gasteiger partial charge in [0.25, 0.3) is 0 Å². The second-order valence-corrected chi connectivity index (χ2v) is 1.41. The molecule has 4 nitrogen and oxygen atoms in total. The average Bonchev–Trinajstić information content (AvgIpc) is 0.722. The molecule has 7 heteroatoms. The van der Waals surface area contributed by atoms with Crippen LogP contribution in [-0.4, -0.2) is 60.0 Å². The molecule has 0 saturated heterocycles. The van der Waals surface area contributed by atoms with Gasteiger partial charge in [-0.1, -0.05) is 0 Å². The third-order valence-electron chi connectivity index (χ3n) is 0. The van der Waals surface area contributed by atoms with Gasteiger partial charge in [0.15, 0.2) is 0 Å². The molecule has 7 heavy (non-hydrogen) atoms. The van der Waals surface area contributed by atoms with E-state index < -0.39 is 7.82 Å². The van der Waals surface area contributed by atoms with Crippen LogP contribution in [0.15, 0.2) is 0 Å². The Kier molecular flexibility index (Phi) is 13.7. The molecule has 0 rings (SSSR count). The number of hydrogen-bond donors (Lipinski definition) is 1. The molecule has 0 amide bonds. The van der Waals surface area contributed by atoms with Crippen LogP contribution < -0.4 is 9.79 Å². The average molecular weight is 163 g/mol. The van der Waals surface area contributed by atoms with Gasteiger partial charge in [0, 0.05) is 0 Å². The summed E-state index contributed by atoms with van der Waals surface area (Å²) in [5.74, 6) is 0. The predicted octanol–water partition coefficient (Wildman–Crippen LogP) is -2.95. The zero-order chi connectivity index (χ0) is 4.50. The van der Waals surface area contributed by atoms with Crippen LogP contribution >= 0.6 is 7.82 Å². The SMILES string of the molecule is O=P([O-])([O-])O.[Al+3].[Ca+2]. The molecule has 0 bridgehead atoms. The van der Waals surface area contributed by atoms with Crippen molar-refractivity contribution in [2.75, 3.05) is 0 Å². The summed E-state index contributed by atoms with van der Waals surface area (Å²) in [6, 6.07) is 0. The predicted molar refractivity (Wildman–Crippen MR) is 21.3 cm³/mol.